The van der Waals surface area contributed by atoms with Gasteiger partial charge in [0.1, 0.15) is 11.6 Å². The maximum absolute atomic E-state index is 6.19. The lowest BCUT2D eigenvalue weighted by Crippen LogP contribution is -2.29. The van der Waals surface area contributed by atoms with Crippen LogP contribution in [0.1, 0.15) is 17.2 Å². The van der Waals surface area contributed by atoms with Gasteiger partial charge in [-0.25, -0.2) is 9.97 Å². The van der Waals surface area contributed by atoms with Crippen molar-refractivity contribution in [2.75, 3.05) is 6.54 Å². The van der Waals surface area contributed by atoms with Crippen LogP contribution in [0.3, 0.4) is 0 Å². The van der Waals surface area contributed by atoms with Crippen molar-refractivity contribution >= 4 is 45.3 Å². The molecule has 33 heavy (non-hydrogen) atoms. The van der Waals surface area contributed by atoms with Gasteiger partial charge in [0.25, 0.3) is 0 Å². The Kier molecular flexibility index (Phi) is 5.86. The molecular formula is C24H25Cl2N7. The first-order valence-electron chi connectivity index (χ1n) is 10.8. The Balaban J connectivity index is 1.45. The van der Waals surface area contributed by atoms with Crippen LogP contribution in [-0.2, 0) is 33.7 Å². The Morgan fingerprint density at radius 1 is 0.848 bits per heavy atom. The van der Waals surface area contributed by atoms with Gasteiger partial charge in [0.05, 0.1) is 47.9 Å². The number of hydrogen-bond acceptors (Lipinski definition) is 4. The topological polar surface area (TPSA) is 56.7 Å². The van der Waals surface area contributed by atoms with E-state index in [0.717, 1.165) is 52.4 Å². The first-order chi connectivity index (χ1) is 15.9. The zero-order chi connectivity index (χ0) is 23.1. The maximum Gasteiger partial charge on any atom is 0.123 e. The van der Waals surface area contributed by atoms with E-state index >= 15 is 0 Å². The van der Waals surface area contributed by atoms with Crippen LogP contribution in [0, 0.1) is 6.92 Å². The fourth-order valence-corrected chi connectivity index (χ4v) is 4.51. The smallest absolute Gasteiger partial charge is 0.123 e. The molecule has 9 heteroatoms. The average Bonchev–Trinajstić information content (AvgIpc) is 3.42. The van der Waals surface area contributed by atoms with Crippen LogP contribution in [-0.4, -0.2) is 40.3 Å². The minimum atomic E-state index is 0.674. The van der Waals surface area contributed by atoms with Crippen LogP contribution < -0.4 is 0 Å². The normalized spacial score (nSPS) is 11.9. The van der Waals surface area contributed by atoms with Crippen LogP contribution in [0.4, 0.5) is 0 Å². The van der Waals surface area contributed by atoms with E-state index in [9.17, 15) is 0 Å². The summed E-state index contributed by atoms with van der Waals surface area (Å²) in [5.41, 5.74) is 5.09. The number of fused-ring (bicyclic) bond motifs is 2. The van der Waals surface area contributed by atoms with Crippen LogP contribution in [0.5, 0.6) is 0 Å². The quantitative estimate of drug-likeness (QED) is 0.329. The zero-order valence-electron chi connectivity index (χ0n) is 18.8. The van der Waals surface area contributed by atoms with E-state index < -0.39 is 0 Å². The van der Waals surface area contributed by atoms with Gasteiger partial charge in [0, 0.05) is 36.9 Å². The van der Waals surface area contributed by atoms with Gasteiger partial charge in [-0.1, -0.05) is 23.2 Å². The molecule has 0 bridgehead atoms. The van der Waals surface area contributed by atoms with Gasteiger partial charge in [0.2, 0.25) is 0 Å². The summed E-state index contributed by atoms with van der Waals surface area (Å²) in [6.45, 7) is 4.98. The van der Waals surface area contributed by atoms with Gasteiger partial charge < -0.3 is 9.13 Å². The van der Waals surface area contributed by atoms with Crippen LogP contribution in [0.2, 0.25) is 10.0 Å². The summed E-state index contributed by atoms with van der Waals surface area (Å²) in [6.07, 6.45) is 3.95. The number of halogens is 2. The lowest BCUT2D eigenvalue weighted by molar-refractivity contribution is 0.227. The van der Waals surface area contributed by atoms with E-state index in [1.807, 2.05) is 61.4 Å². The van der Waals surface area contributed by atoms with Gasteiger partial charge in [-0.2, -0.15) is 5.10 Å². The Bertz CT molecular complexity index is 1360. The van der Waals surface area contributed by atoms with Crippen molar-refractivity contribution in [1.29, 1.82) is 0 Å². The van der Waals surface area contributed by atoms with E-state index in [-0.39, 0.29) is 0 Å². The van der Waals surface area contributed by atoms with Gasteiger partial charge in [-0.15, -0.1) is 0 Å². The SMILES string of the molecule is Cc1cnn(CCN(Cc2nc3cc(Cl)ccc3n2C)Cc2nc3cc(Cl)ccc3n2C)c1. The van der Waals surface area contributed by atoms with Crippen molar-refractivity contribution in [2.24, 2.45) is 14.1 Å². The summed E-state index contributed by atoms with van der Waals surface area (Å²) in [4.78, 5) is 12.1. The molecule has 5 rings (SSSR count). The Morgan fingerprint density at radius 2 is 1.39 bits per heavy atom. The third-order valence-corrected chi connectivity index (χ3v) is 6.48. The molecule has 3 aromatic heterocycles. The summed E-state index contributed by atoms with van der Waals surface area (Å²) in [6, 6.07) is 11.6. The summed E-state index contributed by atoms with van der Waals surface area (Å²) < 4.78 is 6.24. The molecule has 0 fully saturated rings. The molecule has 0 atom stereocenters. The molecular weight excluding hydrogens is 457 g/mol. The third kappa shape index (κ3) is 4.49. The summed E-state index contributed by atoms with van der Waals surface area (Å²) in [5, 5.41) is 5.83. The lowest BCUT2D eigenvalue weighted by atomic mass is 10.3. The molecule has 0 spiro atoms. The highest BCUT2D eigenvalue weighted by atomic mass is 35.5. The van der Waals surface area contributed by atoms with Gasteiger partial charge in [0.15, 0.2) is 0 Å². The highest BCUT2D eigenvalue weighted by molar-refractivity contribution is 6.31. The highest BCUT2D eigenvalue weighted by Gasteiger charge is 2.17. The Labute approximate surface area is 202 Å². The van der Waals surface area contributed by atoms with E-state index in [1.165, 1.54) is 0 Å². The fraction of sp³-hybridized carbons (Fsp3) is 0.292. The first-order valence-corrected chi connectivity index (χ1v) is 11.6. The number of hydrogen-bond donors (Lipinski definition) is 0. The number of imidazole rings is 2. The molecule has 0 aliphatic carbocycles. The predicted molar refractivity (Wildman–Crippen MR) is 133 cm³/mol. The molecule has 0 aliphatic rings. The summed E-state index contributed by atoms with van der Waals surface area (Å²) >= 11 is 12.4. The molecule has 2 aromatic carbocycles. The summed E-state index contributed by atoms with van der Waals surface area (Å²) in [7, 11) is 4.09. The molecule has 0 N–H and O–H groups in total. The Hall–Kier alpha value is -2.87. The van der Waals surface area contributed by atoms with Crippen molar-refractivity contribution in [3.63, 3.8) is 0 Å². The molecule has 3 heterocycles. The second-order valence-electron chi connectivity index (χ2n) is 8.43. The molecule has 7 nitrogen and oxygen atoms in total. The number of nitrogens with zero attached hydrogens (tertiary/aromatic N) is 7. The van der Waals surface area contributed by atoms with Crippen molar-refractivity contribution < 1.29 is 0 Å². The van der Waals surface area contributed by atoms with Crippen molar-refractivity contribution in [3.05, 3.63) is 76.0 Å². The van der Waals surface area contributed by atoms with Crippen molar-refractivity contribution in [2.45, 2.75) is 26.6 Å². The standard InChI is InChI=1S/C24H25Cl2N7/c1-16-12-27-33(13-16)9-8-32(14-23-28-19-10-17(25)4-6-21(19)30(23)2)15-24-29-20-11-18(26)5-7-22(20)31(24)3/h4-7,10-13H,8-9,14-15H2,1-3H3. The number of benzene rings is 2. The fourth-order valence-electron chi connectivity index (χ4n) is 4.18. The minimum Gasteiger partial charge on any atom is -0.330 e. The van der Waals surface area contributed by atoms with E-state index in [1.54, 1.807) is 0 Å². The van der Waals surface area contributed by atoms with Gasteiger partial charge >= 0.3 is 0 Å². The van der Waals surface area contributed by atoms with Crippen LogP contribution >= 0.6 is 23.2 Å². The molecule has 5 aromatic rings. The molecule has 0 aliphatic heterocycles. The van der Waals surface area contributed by atoms with E-state index in [2.05, 4.69) is 32.3 Å². The first kappa shape index (κ1) is 21.9. The molecule has 0 saturated carbocycles. The lowest BCUT2D eigenvalue weighted by Gasteiger charge is -2.22. The number of rotatable bonds is 7. The van der Waals surface area contributed by atoms with Crippen molar-refractivity contribution in [3.8, 4) is 0 Å². The maximum atomic E-state index is 6.19. The molecule has 0 saturated heterocycles. The number of aromatic nitrogens is 6. The van der Waals surface area contributed by atoms with Gasteiger partial charge in [-0.3, -0.25) is 9.58 Å². The Morgan fingerprint density at radius 3 is 1.88 bits per heavy atom. The predicted octanol–water partition coefficient (Wildman–Crippen LogP) is 4.97. The van der Waals surface area contributed by atoms with Crippen LogP contribution in [0.15, 0.2) is 48.8 Å². The van der Waals surface area contributed by atoms with E-state index in [0.29, 0.717) is 23.1 Å². The molecule has 170 valence electrons. The second-order valence-corrected chi connectivity index (χ2v) is 9.30. The largest absolute Gasteiger partial charge is 0.330 e. The van der Waals surface area contributed by atoms with Crippen LogP contribution in [0.25, 0.3) is 22.1 Å². The number of aryl methyl sites for hydroxylation is 3. The molecule has 0 radical (unpaired) electrons. The summed E-state index contributed by atoms with van der Waals surface area (Å²) in [5.74, 6) is 1.96. The van der Waals surface area contributed by atoms with E-state index in [4.69, 9.17) is 33.2 Å². The highest BCUT2D eigenvalue weighted by Crippen LogP contribution is 2.23. The van der Waals surface area contributed by atoms with Crippen molar-refractivity contribution in [1.82, 2.24) is 33.8 Å². The average molecular weight is 482 g/mol. The monoisotopic (exact) mass is 481 g/mol. The zero-order valence-corrected chi connectivity index (χ0v) is 20.3. The van der Waals surface area contributed by atoms with Gasteiger partial charge in [-0.05, 0) is 48.9 Å². The third-order valence-electron chi connectivity index (χ3n) is 6.01. The second kappa shape index (κ2) is 8.82. The molecule has 0 amide bonds. The minimum absolute atomic E-state index is 0.674. The molecule has 0 unspecified atom stereocenters.